The zero-order valence-corrected chi connectivity index (χ0v) is 18.0. The number of thiophene rings is 1. The molecule has 1 aliphatic heterocycles. The molecule has 1 atom stereocenters. The van der Waals surface area contributed by atoms with Gasteiger partial charge in [-0.2, -0.15) is 0 Å². The molecule has 0 spiro atoms. The number of benzene rings is 1. The number of carbonyl (C=O) groups excluding carboxylic acids is 3. The first-order valence-corrected chi connectivity index (χ1v) is 10.3. The fourth-order valence-corrected chi connectivity index (χ4v) is 3.75. The lowest BCUT2D eigenvalue weighted by Gasteiger charge is -2.29. The van der Waals surface area contributed by atoms with Crippen LogP contribution in [-0.4, -0.2) is 45.4 Å². The molecule has 2 amide bonds. The Kier molecular flexibility index (Phi) is 7.14. The van der Waals surface area contributed by atoms with Crippen LogP contribution in [0.1, 0.15) is 28.9 Å². The molecule has 9 nitrogen and oxygen atoms in total. The molecule has 1 aromatic carbocycles. The minimum atomic E-state index is -0.789. The minimum Gasteiger partial charge on any atom is -0.497 e. The molecule has 3 rings (SSSR count). The summed E-state index contributed by atoms with van der Waals surface area (Å²) >= 11 is 1.25. The van der Waals surface area contributed by atoms with Gasteiger partial charge in [0.05, 0.1) is 38.1 Å². The van der Waals surface area contributed by atoms with Gasteiger partial charge in [-0.3, -0.25) is 0 Å². The summed E-state index contributed by atoms with van der Waals surface area (Å²) in [5, 5.41) is 7.38. The van der Waals surface area contributed by atoms with Gasteiger partial charge in [0.15, 0.2) is 5.06 Å². The van der Waals surface area contributed by atoms with Gasteiger partial charge in [-0.15, -0.1) is 11.3 Å². The maximum Gasteiger partial charge on any atom is 0.343 e. The number of hydrogen-bond donors (Lipinski definition) is 2. The van der Waals surface area contributed by atoms with E-state index in [1.807, 2.05) is 0 Å². The highest BCUT2D eigenvalue weighted by Crippen LogP contribution is 2.30. The Bertz CT molecular complexity index is 997. The molecule has 0 fully saturated rings. The van der Waals surface area contributed by atoms with E-state index >= 15 is 0 Å². The molecule has 0 radical (unpaired) electrons. The number of urea groups is 1. The Morgan fingerprint density at radius 1 is 1.03 bits per heavy atom. The Morgan fingerprint density at radius 3 is 2.42 bits per heavy atom. The summed E-state index contributed by atoms with van der Waals surface area (Å²) in [6, 6.07) is 7.15. The van der Waals surface area contributed by atoms with Crippen molar-refractivity contribution in [1.29, 1.82) is 0 Å². The second kappa shape index (κ2) is 9.98. The van der Waals surface area contributed by atoms with Gasteiger partial charge < -0.3 is 29.6 Å². The smallest absolute Gasteiger partial charge is 0.343 e. The highest BCUT2D eigenvalue weighted by atomic mass is 32.1. The number of hydrogen-bond acceptors (Lipinski definition) is 8. The van der Waals surface area contributed by atoms with Crippen molar-refractivity contribution in [3.8, 4) is 10.8 Å². The summed E-state index contributed by atoms with van der Waals surface area (Å²) in [5.41, 5.74) is 1.20. The molecule has 1 aromatic heterocycles. The van der Waals surface area contributed by atoms with Crippen LogP contribution in [0.3, 0.4) is 0 Å². The molecule has 2 aromatic rings. The van der Waals surface area contributed by atoms with Crippen LogP contribution >= 0.6 is 11.3 Å². The quantitative estimate of drug-likeness (QED) is 0.600. The Morgan fingerprint density at radius 2 is 1.77 bits per heavy atom. The number of nitrogens with one attached hydrogen (secondary N) is 2. The lowest BCUT2D eigenvalue weighted by molar-refractivity contribution is -0.139. The van der Waals surface area contributed by atoms with Gasteiger partial charge in [0.1, 0.15) is 17.9 Å². The Balaban J connectivity index is 1.92. The second-order valence-corrected chi connectivity index (χ2v) is 7.20. The van der Waals surface area contributed by atoms with Gasteiger partial charge >= 0.3 is 18.0 Å². The van der Waals surface area contributed by atoms with E-state index in [-0.39, 0.29) is 30.0 Å². The number of amides is 2. The number of rotatable bonds is 8. The summed E-state index contributed by atoms with van der Waals surface area (Å²) in [7, 11) is 3.00. The van der Waals surface area contributed by atoms with Crippen molar-refractivity contribution in [1.82, 2.24) is 10.6 Å². The second-order valence-electron chi connectivity index (χ2n) is 6.32. The van der Waals surface area contributed by atoms with E-state index in [0.717, 1.165) is 0 Å². The number of carbonyl (C=O) groups is 3. The van der Waals surface area contributed by atoms with Crippen LogP contribution in [0, 0.1) is 0 Å². The van der Waals surface area contributed by atoms with Crippen LogP contribution in [-0.2, 0) is 14.3 Å². The summed E-state index contributed by atoms with van der Waals surface area (Å²) in [5.74, 6) is -0.637. The van der Waals surface area contributed by atoms with E-state index < -0.39 is 24.0 Å². The third-order valence-electron chi connectivity index (χ3n) is 4.48. The largest absolute Gasteiger partial charge is 0.497 e. The Labute approximate surface area is 182 Å². The van der Waals surface area contributed by atoms with Crippen molar-refractivity contribution in [2.75, 3.05) is 27.4 Å². The third-order valence-corrected chi connectivity index (χ3v) is 5.35. The standard InChI is InChI=1S/C21H22N2O7S/c1-4-29-19(25)16-15(11-30-18(24)14-9-10-31-20(14)28-3)22-21(26)23-17(16)12-5-7-13(27-2)8-6-12/h5-10,17H,4,11H2,1-3H3,(H2,22,23,26). The molecule has 2 N–H and O–H groups in total. The van der Waals surface area contributed by atoms with Crippen LogP contribution in [0.25, 0.3) is 0 Å². The normalized spacial score (nSPS) is 15.6. The van der Waals surface area contributed by atoms with Gasteiger partial charge in [0, 0.05) is 0 Å². The van der Waals surface area contributed by atoms with E-state index in [1.165, 1.54) is 18.4 Å². The van der Waals surface area contributed by atoms with E-state index in [0.29, 0.717) is 16.4 Å². The highest BCUT2D eigenvalue weighted by Gasteiger charge is 2.34. The topological polar surface area (TPSA) is 112 Å². The van der Waals surface area contributed by atoms with Gasteiger partial charge in [0.25, 0.3) is 0 Å². The minimum absolute atomic E-state index is 0.144. The van der Waals surface area contributed by atoms with Gasteiger partial charge in [0.2, 0.25) is 0 Å². The maximum atomic E-state index is 12.7. The lowest BCUT2D eigenvalue weighted by Crippen LogP contribution is -2.47. The zero-order chi connectivity index (χ0) is 22.4. The number of methoxy groups -OCH3 is 2. The molecular weight excluding hydrogens is 424 g/mol. The van der Waals surface area contributed by atoms with Crippen molar-refractivity contribution >= 4 is 29.3 Å². The molecule has 1 unspecified atom stereocenters. The molecule has 0 bridgehead atoms. The predicted octanol–water partition coefficient (Wildman–Crippen LogP) is 2.79. The lowest BCUT2D eigenvalue weighted by atomic mass is 9.95. The molecule has 1 aliphatic rings. The van der Waals surface area contributed by atoms with Crippen LogP contribution in [0.5, 0.6) is 10.8 Å². The molecule has 0 saturated heterocycles. The van der Waals surface area contributed by atoms with Gasteiger partial charge in [-0.05, 0) is 36.1 Å². The fraction of sp³-hybridized carbons (Fsp3) is 0.286. The van der Waals surface area contributed by atoms with Crippen molar-refractivity contribution in [2.24, 2.45) is 0 Å². The SMILES string of the molecule is CCOC(=O)C1=C(COC(=O)c2ccsc2OC)NC(=O)NC1c1ccc(OC)cc1. The summed E-state index contributed by atoms with van der Waals surface area (Å²) in [6.45, 7) is 1.50. The summed E-state index contributed by atoms with van der Waals surface area (Å²) < 4.78 is 20.8. The first kappa shape index (κ1) is 22.2. The number of ether oxygens (including phenoxy) is 4. The van der Waals surface area contributed by atoms with E-state index in [1.54, 1.807) is 49.7 Å². The maximum absolute atomic E-state index is 12.7. The van der Waals surface area contributed by atoms with E-state index in [4.69, 9.17) is 18.9 Å². The zero-order valence-electron chi connectivity index (χ0n) is 17.2. The molecule has 10 heteroatoms. The molecular formula is C21H22N2O7S. The monoisotopic (exact) mass is 446 g/mol. The van der Waals surface area contributed by atoms with E-state index in [9.17, 15) is 14.4 Å². The molecule has 0 saturated carbocycles. The van der Waals surface area contributed by atoms with E-state index in [2.05, 4.69) is 10.6 Å². The van der Waals surface area contributed by atoms with Crippen molar-refractivity contribution < 1.29 is 33.3 Å². The molecule has 2 heterocycles. The summed E-state index contributed by atoms with van der Waals surface area (Å²) in [4.78, 5) is 37.5. The van der Waals surface area contributed by atoms with Gasteiger partial charge in [-0.1, -0.05) is 12.1 Å². The van der Waals surface area contributed by atoms with Crippen molar-refractivity contribution in [2.45, 2.75) is 13.0 Å². The predicted molar refractivity (Wildman–Crippen MR) is 112 cm³/mol. The third kappa shape index (κ3) is 4.97. The highest BCUT2D eigenvalue weighted by molar-refractivity contribution is 7.12. The van der Waals surface area contributed by atoms with Gasteiger partial charge in [-0.25, -0.2) is 14.4 Å². The van der Waals surface area contributed by atoms with Crippen LogP contribution in [0.4, 0.5) is 4.79 Å². The first-order chi connectivity index (χ1) is 15.0. The molecule has 164 valence electrons. The fourth-order valence-electron chi connectivity index (χ4n) is 3.05. The summed E-state index contributed by atoms with van der Waals surface area (Å²) in [6.07, 6.45) is 0. The van der Waals surface area contributed by atoms with Crippen LogP contribution in [0.15, 0.2) is 47.0 Å². The Hall–Kier alpha value is -3.53. The van der Waals surface area contributed by atoms with Crippen molar-refractivity contribution in [3.05, 3.63) is 58.1 Å². The average molecular weight is 446 g/mol. The van der Waals surface area contributed by atoms with Crippen LogP contribution in [0.2, 0.25) is 0 Å². The first-order valence-electron chi connectivity index (χ1n) is 9.38. The molecule has 0 aliphatic carbocycles. The average Bonchev–Trinajstić information content (AvgIpc) is 3.26. The van der Waals surface area contributed by atoms with Crippen LogP contribution < -0.4 is 20.1 Å². The number of esters is 2. The van der Waals surface area contributed by atoms with Crippen molar-refractivity contribution in [3.63, 3.8) is 0 Å². The molecule has 31 heavy (non-hydrogen) atoms.